The molecule has 0 N–H and O–H groups in total. The molecule has 0 saturated carbocycles. The summed E-state index contributed by atoms with van der Waals surface area (Å²) in [4.78, 5) is 23.8. The van der Waals surface area contributed by atoms with Crippen molar-refractivity contribution < 1.29 is 19.1 Å². The molecule has 0 aliphatic carbocycles. The second-order valence-corrected chi connectivity index (χ2v) is 7.78. The van der Waals surface area contributed by atoms with E-state index in [1.165, 1.54) is 7.11 Å². The van der Waals surface area contributed by atoms with Gasteiger partial charge in [0, 0.05) is 0 Å². The molecule has 0 amide bonds. The summed E-state index contributed by atoms with van der Waals surface area (Å²) in [7, 11) is 1.41. The maximum atomic E-state index is 12.0. The zero-order valence-corrected chi connectivity index (χ0v) is 15.1. The van der Waals surface area contributed by atoms with Gasteiger partial charge < -0.3 is 9.47 Å². The molecular weight excluding hydrogens is 280 g/mol. The van der Waals surface area contributed by atoms with Gasteiger partial charge in [-0.05, 0) is 44.4 Å². The number of carbonyl (C=O) groups is 2. The van der Waals surface area contributed by atoms with Gasteiger partial charge in [-0.1, -0.05) is 34.1 Å². The van der Waals surface area contributed by atoms with Crippen LogP contribution >= 0.6 is 0 Å². The molecule has 1 aliphatic rings. The fourth-order valence-corrected chi connectivity index (χ4v) is 3.73. The minimum Gasteiger partial charge on any atom is -0.469 e. The minimum absolute atomic E-state index is 0.0177. The number of methoxy groups -OCH3 is 1. The highest BCUT2D eigenvalue weighted by molar-refractivity contribution is 5.79. The quantitative estimate of drug-likeness (QED) is 0.639. The van der Waals surface area contributed by atoms with Gasteiger partial charge in [-0.25, -0.2) is 0 Å². The van der Waals surface area contributed by atoms with Crippen molar-refractivity contribution in [2.75, 3.05) is 7.11 Å². The summed E-state index contributed by atoms with van der Waals surface area (Å²) in [6.07, 6.45) is 2.62. The van der Waals surface area contributed by atoms with Gasteiger partial charge in [-0.3, -0.25) is 9.59 Å². The summed E-state index contributed by atoms with van der Waals surface area (Å²) >= 11 is 0. The van der Waals surface area contributed by atoms with Crippen LogP contribution < -0.4 is 0 Å². The van der Waals surface area contributed by atoms with E-state index in [1.807, 2.05) is 13.8 Å². The third-order valence-electron chi connectivity index (χ3n) is 4.82. The molecule has 4 nitrogen and oxygen atoms in total. The number of hydrogen-bond acceptors (Lipinski definition) is 4. The maximum Gasteiger partial charge on any atom is 0.313 e. The average Bonchev–Trinajstić information content (AvgIpc) is 2.41. The minimum atomic E-state index is -0.555. The fraction of sp³-hybridized carbons (Fsp3) is 0.889. The van der Waals surface area contributed by atoms with Crippen LogP contribution in [0.4, 0.5) is 0 Å². The molecule has 0 aromatic rings. The Bertz CT molecular complexity index is 400. The second-order valence-electron chi connectivity index (χ2n) is 7.78. The van der Waals surface area contributed by atoms with Gasteiger partial charge in [-0.15, -0.1) is 0 Å². The molecule has 4 atom stereocenters. The number of esters is 2. The van der Waals surface area contributed by atoms with E-state index in [4.69, 9.17) is 9.47 Å². The van der Waals surface area contributed by atoms with Crippen molar-refractivity contribution in [1.29, 1.82) is 0 Å². The summed E-state index contributed by atoms with van der Waals surface area (Å²) in [5.41, 5.74) is -0.555. The van der Waals surface area contributed by atoms with Crippen molar-refractivity contribution in [2.45, 2.75) is 66.9 Å². The lowest BCUT2D eigenvalue weighted by molar-refractivity contribution is -0.200. The van der Waals surface area contributed by atoms with Crippen molar-refractivity contribution in [2.24, 2.45) is 29.1 Å². The van der Waals surface area contributed by atoms with Crippen LogP contribution in [0.5, 0.6) is 0 Å². The number of hydrogen-bond donors (Lipinski definition) is 0. The van der Waals surface area contributed by atoms with Crippen molar-refractivity contribution in [3.8, 4) is 0 Å². The molecule has 0 spiro atoms. The van der Waals surface area contributed by atoms with Gasteiger partial charge >= 0.3 is 11.9 Å². The predicted octanol–water partition coefficient (Wildman–Crippen LogP) is 3.83. The normalized spacial score (nSPS) is 24.5. The van der Waals surface area contributed by atoms with Gasteiger partial charge in [0.25, 0.3) is 0 Å². The Labute approximate surface area is 134 Å². The van der Waals surface area contributed by atoms with Gasteiger partial charge in [0.15, 0.2) is 0 Å². The van der Waals surface area contributed by atoms with Crippen molar-refractivity contribution in [1.82, 2.24) is 0 Å². The molecule has 0 bridgehead atoms. The molecule has 1 fully saturated rings. The van der Waals surface area contributed by atoms with Gasteiger partial charge in [0.05, 0.1) is 18.4 Å². The maximum absolute atomic E-state index is 12.0. The van der Waals surface area contributed by atoms with Crippen LogP contribution in [-0.4, -0.2) is 25.2 Å². The smallest absolute Gasteiger partial charge is 0.313 e. The first-order chi connectivity index (χ1) is 10.1. The predicted molar refractivity (Wildman–Crippen MR) is 86.2 cm³/mol. The summed E-state index contributed by atoms with van der Waals surface area (Å²) in [5.74, 6) is 0.792. The average molecular weight is 312 g/mol. The highest BCUT2D eigenvalue weighted by atomic mass is 16.6. The molecule has 4 unspecified atom stereocenters. The molecule has 4 heteroatoms. The summed E-state index contributed by atoms with van der Waals surface area (Å²) in [5, 5.41) is 0. The molecule has 0 radical (unpaired) electrons. The molecule has 0 aromatic carbocycles. The van der Waals surface area contributed by atoms with Crippen LogP contribution in [-0.2, 0) is 19.1 Å². The molecule has 1 heterocycles. The zero-order chi connectivity index (χ0) is 17.1. The standard InChI is InChI=1S/C18H32O4/c1-8-13(9-11(2)3)14-15(22-16(14)19)12(4)10-18(5,6)17(20)21-7/h11-15H,8-10H2,1-7H3. The van der Waals surface area contributed by atoms with Crippen molar-refractivity contribution in [3.05, 3.63) is 0 Å². The lowest BCUT2D eigenvalue weighted by atomic mass is 9.70. The van der Waals surface area contributed by atoms with Crippen LogP contribution in [0.2, 0.25) is 0 Å². The van der Waals surface area contributed by atoms with E-state index < -0.39 is 5.41 Å². The summed E-state index contributed by atoms with van der Waals surface area (Å²) in [6, 6.07) is 0. The number of carbonyl (C=O) groups excluding carboxylic acids is 2. The Hall–Kier alpha value is -1.06. The van der Waals surface area contributed by atoms with Crippen LogP contribution in [0.25, 0.3) is 0 Å². The molecule has 1 rings (SSSR count). The Morgan fingerprint density at radius 2 is 1.91 bits per heavy atom. The van der Waals surface area contributed by atoms with Crippen LogP contribution in [0.3, 0.4) is 0 Å². The van der Waals surface area contributed by atoms with Crippen molar-refractivity contribution in [3.63, 3.8) is 0 Å². The SMILES string of the molecule is CCC(CC(C)C)C1C(=O)OC1C(C)CC(C)(C)C(=O)OC. The van der Waals surface area contributed by atoms with E-state index in [9.17, 15) is 9.59 Å². The lowest BCUT2D eigenvalue weighted by Gasteiger charge is -2.44. The van der Waals surface area contributed by atoms with E-state index in [1.54, 1.807) is 0 Å². The molecule has 22 heavy (non-hydrogen) atoms. The van der Waals surface area contributed by atoms with Gasteiger partial charge in [0.1, 0.15) is 6.10 Å². The Morgan fingerprint density at radius 1 is 1.32 bits per heavy atom. The van der Waals surface area contributed by atoms with Crippen LogP contribution in [0, 0.1) is 29.1 Å². The van der Waals surface area contributed by atoms with E-state index >= 15 is 0 Å². The molecule has 128 valence electrons. The lowest BCUT2D eigenvalue weighted by Crippen LogP contribution is -2.53. The van der Waals surface area contributed by atoms with E-state index in [0.29, 0.717) is 18.3 Å². The first-order valence-corrected chi connectivity index (χ1v) is 8.42. The highest BCUT2D eigenvalue weighted by Crippen LogP contribution is 2.42. The summed E-state index contributed by atoms with van der Waals surface area (Å²) < 4.78 is 10.3. The molecule has 1 aliphatic heterocycles. The first-order valence-electron chi connectivity index (χ1n) is 8.42. The Balaban J connectivity index is 2.75. The second kappa shape index (κ2) is 7.47. The third-order valence-corrected chi connectivity index (χ3v) is 4.82. The largest absolute Gasteiger partial charge is 0.469 e. The summed E-state index contributed by atoms with van der Waals surface area (Å²) in [6.45, 7) is 12.3. The monoisotopic (exact) mass is 312 g/mol. The Morgan fingerprint density at radius 3 is 2.32 bits per heavy atom. The molecular formula is C18H32O4. The topological polar surface area (TPSA) is 52.6 Å². The van der Waals surface area contributed by atoms with E-state index in [-0.39, 0.29) is 29.9 Å². The van der Waals surface area contributed by atoms with E-state index in [2.05, 4.69) is 27.7 Å². The van der Waals surface area contributed by atoms with Crippen molar-refractivity contribution >= 4 is 11.9 Å². The van der Waals surface area contributed by atoms with Gasteiger partial charge in [-0.2, -0.15) is 0 Å². The van der Waals surface area contributed by atoms with Crippen LogP contribution in [0.15, 0.2) is 0 Å². The number of rotatable bonds is 8. The van der Waals surface area contributed by atoms with Gasteiger partial charge in [0.2, 0.25) is 0 Å². The number of cyclic esters (lactones) is 1. The highest BCUT2D eigenvalue weighted by Gasteiger charge is 2.50. The van der Waals surface area contributed by atoms with Crippen LogP contribution in [0.1, 0.15) is 60.8 Å². The Kier molecular flexibility index (Phi) is 6.45. The fourth-order valence-electron chi connectivity index (χ4n) is 3.73. The van der Waals surface area contributed by atoms with E-state index in [0.717, 1.165) is 12.8 Å². The zero-order valence-electron chi connectivity index (χ0n) is 15.1. The molecule has 1 saturated heterocycles. The number of ether oxygens (including phenoxy) is 2. The third kappa shape index (κ3) is 4.23. The first kappa shape index (κ1) is 19.0. The molecule has 0 aromatic heterocycles.